The first-order valence-corrected chi connectivity index (χ1v) is 10.5. The topological polar surface area (TPSA) is 71.5 Å². The number of hydrogen-bond acceptors (Lipinski definition) is 6. The number of esters is 1. The molecule has 0 bridgehead atoms. The molecule has 1 atom stereocenters. The van der Waals surface area contributed by atoms with Gasteiger partial charge in [0.1, 0.15) is 0 Å². The van der Waals surface area contributed by atoms with Crippen LogP contribution in [-0.2, 0) is 9.53 Å². The molecule has 1 fully saturated rings. The molecule has 1 aromatic heterocycles. The minimum Gasteiger partial charge on any atom is -0.465 e. The number of piperidine rings is 1. The number of nitrogens with zero attached hydrogens (tertiary/aromatic N) is 2. The molecule has 0 spiro atoms. The van der Waals surface area contributed by atoms with E-state index in [0.29, 0.717) is 23.7 Å². The molecule has 1 N–H and O–H groups in total. The van der Waals surface area contributed by atoms with Crippen LogP contribution in [0.25, 0.3) is 10.2 Å². The predicted molar refractivity (Wildman–Crippen MR) is 114 cm³/mol. The zero-order valence-electron chi connectivity index (χ0n) is 16.3. The minimum atomic E-state index is -0.392. The third-order valence-corrected chi connectivity index (χ3v) is 6.32. The van der Waals surface area contributed by atoms with Crippen LogP contribution in [0.1, 0.15) is 34.1 Å². The van der Waals surface area contributed by atoms with Gasteiger partial charge in [0.2, 0.25) is 5.91 Å². The second-order valence-electron chi connectivity index (χ2n) is 7.21. The largest absolute Gasteiger partial charge is 0.465 e. The molecule has 0 radical (unpaired) electrons. The standard InChI is InChI=1S/C22H23N3O3S/c1-28-22(27)15-8-10-17(11-9-15)23-20(26)14-25-12-4-5-16(13-25)21-24-18-6-2-3-7-19(18)29-21/h2-3,6-11,16H,4-5,12-14H2,1H3,(H,23,26)/t16-/m0/s1. The molecule has 1 saturated heterocycles. The molecule has 0 unspecified atom stereocenters. The fourth-order valence-corrected chi connectivity index (χ4v) is 4.77. The van der Waals surface area contributed by atoms with Gasteiger partial charge in [-0.2, -0.15) is 0 Å². The predicted octanol–water partition coefficient (Wildman–Crippen LogP) is 3.90. The van der Waals surface area contributed by atoms with Gasteiger partial charge < -0.3 is 10.1 Å². The molecule has 2 heterocycles. The molecule has 6 nitrogen and oxygen atoms in total. The first kappa shape index (κ1) is 19.5. The van der Waals surface area contributed by atoms with E-state index in [9.17, 15) is 9.59 Å². The number of fused-ring (bicyclic) bond motifs is 1. The normalized spacial score (nSPS) is 17.2. The van der Waals surface area contributed by atoms with Crippen LogP contribution >= 0.6 is 11.3 Å². The van der Waals surface area contributed by atoms with Gasteiger partial charge in [-0.15, -0.1) is 11.3 Å². The van der Waals surface area contributed by atoms with Gasteiger partial charge in [0, 0.05) is 18.2 Å². The molecule has 2 aromatic carbocycles. The number of methoxy groups -OCH3 is 1. The van der Waals surface area contributed by atoms with Crippen molar-refractivity contribution in [3.05, 3.63) is 59.1 Å². The SMILES string of the molecule is COC(=O)c1ccc(NC(=O)CN2CCC[C@H](c3nc4ccccc4s3)C2)cc1. The van der Waals surface area contributed by atoms with Gasteiger partial charge in [-0.1, -0.05) is 12.1 Å². The van der Waals surface area contributed by atoms with Crippen LogP contribution < -0.4 is 5.32 Å². The van der Waals surface area contributed by atoms with Crippen molar-refractivity contribution in [1.29, 1.82) is 0 Å². The van der Waals surface area contributed by atoms with Crippen molar-refractivity contribution in [2.75, 3.05) is 32.1 Å². The van der Waals surface area contributed by atoms with Crippen LogP contribution in [0.5, 0.6) is 0 Å². The molecular weight excluding hydrogens is 386 g/mol. The highest BCUT2D eigenvalue weighted by atomic mass is 32.1. The van der Waals surface area contributed by atoms with E-state index < -0.39 is 5.97 Å². The summed E-state index contributed by atoms with van der Waals surface area (Å²) in [4.78, 5) is 31.0. The fraction of sp³-hybridized carbons (Fsp3) is 0.318. The van der Waals surface area contributed by atoms with Crippen LogP contribution in [0.3, 0.4) is 0 Å². The Morgan fingerprint density at radius 2 is 2.00 bits per heavy atom. The van der Waals surface area contributed by atoms with Crippen molar-refractivity contribution in [3.63, 3.8) is 0 Å². The number of ether oxygens (including phenoxy) is 1. The number of amides is 1. The van der Waals surface area contributed by atoms with Crippen molar-refractivity contribution in [2.24, 2.45) is 0 Å². The first-order chi connectivity index (χ1) is 14.1. The Hall–Kier alpha value is -2.77. The highest BCUT2D eigenvalue weighted by Crippen LogP contribution is 2.32. The summed E-state index contributed by atoms with van der Waals surface area (Å²) < 4.78 is 5.90. The van der Waals surface area contributed by atoms with E-state index in [1.807, 2.05) is 12.1 Å². The van der Waals surface area contributed by atoms with E-state index in [2.05, 4.69) is 27.1 Å². The molecule has 1 aliphatic rings. The monoisotopic (exact) mass is 409 g/mol. The molecule has 3 aromatic rings. The van der Waals surface area contributed by atoms with Crippen molar-refractivity contribution in [3.8, 4) is 0 Å². The quantitative estimate of drug-likeness (QED) is 0.647. The fourth-order valence-electron chi connectivity index (χ4n) is 3.68. The number of carbonyl (C=O) groups excluding carboxylic acids is 2. The van der Waals surface area contributed by atoms with Crippen LogP contribution in [0.2, 0.25) is 0 Å². The number of aromatic nitrogens is 1. The average Bonchev–Trinajstić information content (AvgIpc) is 3.18. The summed E-state index contributed by atoms with van der Waals surface area (Å²) in [6.45, 7) is 2.10. The van der Waals surface area contributed by atoms with Crippen LogP contribution in [-0.4, -0.2) is 48.5 Å². The van der Waals surface area contributed by atoms with Gasteiger partial charge >= 0.3 is 5.97 Å². The summed E-state index contributed by atoms with van der Waals surface area (Å²) in [5.74, 6) is -0.0776. The number of benzene rings is 2. The highest BCUT2D eigenvalue weighted by Gasteiger charge is 2.25. The van der Waals surface area contributed by atoms with E-state index in [-0.39, 0.29) is 5.91 Å². The smallest absolute Gasteiger partial charge is 0.337 e. The zero-order chi connectivity index (χ0) is 20.2. The summed E-state index contributed by atoms with van der Waals surface area (Å²) in [7, 11) is 1.35. The molecule has 150 valence electrons. The number of para-hydroxylation sites is 1. The number of likely N-dealkylation sites (tertiary alicyclic amines) is 1. The van der Waals surface area contributed by atoms with E-state index in [1.165, 1.54) is 11.8 Å². The Morgan fingerprint density at radius 1 is 1.21 bits per heavy atom. The zero-order valence-corrected chi connectivity index (χ0v) is 17.1. The van der Waals surface area contributed by atoms with Gasteiger partial charge in [-0.25, -0.2) is 9.78 Å². The van der Waals surface area contributed by atoms with Gasteiger partial charge in [0.05, 0.1) is 34.4 Å². The lowest BCUT2D eigenvalue weighted by molar-refractivity contribution is -0.117. The minimum absolute atomic E-state index is 0.0548. The number of carbonyl (C=O) groups is 2. The molecule has 1 aliphatic heterocycles. The van der Waals surface area contributed by atoms with Gasteiger partial charge in [-0.3, -0.25) is 9.69 Å². The second kappa shape index (κ2) is 8.71. The maximum Gasteiger partial charge on any atom is 0.337 e. The maximum absolute atomic E-state index is 12.5. The number of hydrogen-bond donors (Lipinski definition) is 1. The molecule has 29 heavy (non-hydrogen) atoms. The average molecular weight is 410 g/mol. The van der Waals surface area contributed by atoms with Crippen molar-refractivity contribution in [2.45, 2.75) is 18.8 Å². The lowest BCUT2D eigenvalue weighted by atomic mass is 9.99. The lowest BCUT2D eigenvalue weighted by Gasteiger charge is -2.31. The van der Waals surface area contributed by atoms with Crippen LogP contribution in [0, 0.1) is 0 Å². The van der Waals surface area contributed by atoms with E-state index in [4.69, 9.17) is 4.98 Å². The maximum atomic E-state index is 12.5. The van der Waals surface area contributed by atoms with Gasteiger partial charge in [0.25, 0.3) is 0 Å². The third kappa shape index (κ3) is 4.63. The van der Waals surface area contributed by atoms with Gasteiger partial charge in [0.15, 0.2) is 0 Å². The summed E-state index contributed by atoms with van der Waals surface area (Å²) in [6, 6.07) is 14.9. The van der Waals surface area contributed by atoms with E-state index in [0.717, 1.165) is 36.5 Å². The summed E-state index contributed by atoms with van der Waals surface area (Å²) in [6.07, 6.45) is 2.16. The Bertz CT molecular complexity index is 983. The number of anilines is 1. The van der Waals surface area contributed by atoms with E-state index in [1.54, 1.807) is 35.6 Å². The third-order valence-electron chi connectivity index (χ3n) is 5.12. The highest BCUT2D eigenvalue weighted by molar-refractivity contribution is 7.18. The molecule has 0 saturated carbocycles. The second-order valence-corrected chi connectivity index (χ2v) is 8.27. The first-order valence-electron chi connectivity index (χ1n) is 9.68. The summed E-state index contributed by atoms with van der Waals surface area (Å²) in [5, 5.41) is 4.07. The molecule has 0 aliphatic carbocycles. The van der Waals surface area contributed by atoms with E-state index >= 15 is 0 Å². The number of thiazole rings is 1. The molecule has 4 rings (SSSR count). The van der Waals surface area contributed by atoms with Crippen LogP contribution in [0.4, 0.5) is 5.69 Å². The molecular formula is C22H23N3O3S. The lowest BCUT2D eigenvalue weighted by Crippen LogP contribution is -2.39. The number of rotatable bonds is 5. The Kier molecular flexibility index (Phi) is 5.87. The number of nitrogens with one attached hydrogen (secondary N) is 1. The van der Waals surface area contributed by atoms with Crippen molar-refractivity contribution in [1.82, 2.24) is 9.88 Å². The Balaban J connectivity index is 1.35. The molecule has 1 amide bonds. The Morgan fingerprint density at radius 3 is 2.76 bits per heavy atom. The summed E-state index contributed by atoms with van der Waals surface area (Å²) in [5.41, 5.74) is 2.18. The van der Waals surface area contributed by atoms with Gasteiger partial charge in [-0.05, 0) is 55.8 Å². The molecule has 7 heteroatoms. The summed E-state index contributed by atoms with van der Waals surface area (Å²) >= 11 is 1.76. The van der Waals surface area contributed by atoms with Crippen molar-refractivity contribution >= 4 is 39.1 Å². The Labute approximate surface area is 173 Å². The van der Waals surface area contributed by atoms with Crippen molar-refractivity contribution < 1.29 is 14.3 Å². The van der Waals surface area contributed by atoms with Crippen LogP contribution in [0.15, 0.2) is 48.5 Å².